The van der Waals surface area contributed by atoms with Crippen LogP contribution in [0.1, 0.15) is 29.7 Å². The Labute approximate surface area is 201 Å². The van der Waals surface area contributed by atoms with E-state index in [1.807, 2.05) is 61.5 Å². The summed E-state index contributed by atoms with van der Waals surface area (Å²) in [5, 5.41) is 16.4. The van der Waals surface area contributed by atoms with Crippen molar-refractivity contribution in [2.75, 3.05) is 20.3 Å². The number of sulfonamides is 1. The Morgan fingerprint density at radius 2 is 1.65 bits per heavy atom. The Bertz CT molecular complexity index is 1180. The van der Waals surface area contributed by atoms with Gasteiger partial charge < -0.3 is 14.6 Å². The van der Waals surface area contributed by atoms with E-state index in [9.17, 15) is 13.5 Å². The van der Waals surface area contributed by atoms with Gasteiger partial charge in [-0.2, -0.15) is 0 Å². The van der Waals surface area contributed by atoms with Gasteiger partial charge in [0.2, 0.25) is 10.0 Å². The summed E-state index contributed by atoms with van der Waals surface area (Å²) in [5.41, 5.74) is 2.12. The van der Waals surface area contributed by atoms with E-state index in [1.54, 1.807) is 26.2 Å². The molecule has 3 aromatic rings. The third-order valence-electron chi connectivity index (χ3n) is 5.71. The van der Waals surface area contributed by atoms with Gasteiger partial charge in [-0.25, -0.2) is 13.6 Å². The fourth-order valence-electron chi connectivity index (χ4n) is 3.73. The van der Waals surface area contributed by atoms with Gasteiger partial charge in [-0.3, -0.25) is 4.90 Å². The molecule has 0 fully saturated rings. The molecule has 0 aliphatic heterocycles. The summed E-state index contributed by atoms with van der Waals surface area (Å²) in [7, 11) is -2.29. The summed E-state index contributed by atoms with van der Waals surface area (Å²) in [4.78, 5) is 2.12. The number of ether oxygens (including phenoxy) is 2. The second kappa shape index (κ2) is 11.5. The Hall–Kier alpha value is -2.91. The molecule has 2 atom stereocenters. The predicted octanol–water partition coefficient (Wildman–Crippen LogP) is 3.65. The lowest BCUT2D eigenvalue weighted by molar-refractivity contribution is 0.0674. The minimum atomic E-state index is -3.89. The molecule has 3 aromatic carbocycles. The molecule has 34 heavy (non-hydrogen) atoms. The summed E-state index contributed by atoms with van der Waals surface area (Å²) in [6.45, 7) is 4.93. The Morgan fingerprint density at radius 3 is 2.29 bits per heavy atom. The number of para-hydroxylation sites is 2. The second-order valence-electron chi connectivity index (χ2n) is 8.31. The lowest BCUT2D eigenvalue weighted by Gasteiger charge is -2.31. The van der Waals surface area contributed by atoms with Crippen LogP contribution < -0.4 is 14.6 Å². The molecule has 2 unspecified atom stereocenters. The Morgan fingerprint density at radius 1 is 1.00 bits per heavy atom. The minimum Gasteiger partial charge on any atom is -0.493 e. The van der Waals surface area contributed by atoms with Gasteiger partial charge in [0.25, 0.3) is 0 Å². The number of rotatable bonds is 11. The van der Waals surface area contributed by atoms with Crippen LogP contribution in [-0.4, -0.2) is 44.7 Å². The predicted molar refractivity (Wildman–Crippen MR) is 132 cm³/mol. The monoisotopic (exact) mass is 484 g/mol. The maximum absolute atomic E-state index is 11.9. The molecule has 0 bridgehead atoms. The van der Waals surface area contributed by atoms with Crippen LogP contribution in [0.4, 0.5) is 0 Å². The highest BCUT2D eigenvalue weighted by Crippen LogP contribution is 2.27. The largest absolute Gasteiger partial charge is 0.493 e. The zero-order chi connectivity index (χ0) is 24.7. The number of methoxy groups -OCH3 is 1. The summed E-state index contributed by atoms with van der Waals surface area (Å²) in [6.07, 6.45) is -0.918. The number of primary sulfonamides is 1. The van der Waals surface area contributed by atoms with Crippen molar-refractivity contribution in [3.8, 4) is 11.5 Å². The van der Waals surface area contributed by atoms with Crippen molar-refractivity contribution in [3.63, 3.8) is 0 Å². The highest BCUT2D eigenvalue weighted by atomic mass is 32.2. The average molecular weight is 485 g/mol. The first-order chi connectivity index (χ1) is 16.2. The van der Waals surface area contributed by atoms with Gasteiger partial charge in [-0.05, 0) is 48.7 Å². The van der Waals surface area contributed by atoms with E-state index in [0.29, 0.717) is 35.8 Å². The van der Waals surface area contributed by atoms with Gasteiger partial charge in [0.05, 0.1) is 18.1 Å². The standard InChI is InChI=1S/C26H32N2O5S/c1-19-13-14-22(15-26(19)34(27,30)31)23(29)17-28(16-21-9-5-4-6-10-21)20(2)18-33-25-12-8-7-11-24(25)32-3/h4-15,20,23,29H,16-18H2,1-3H3,(H2,27,30,31). The first kappa shape index (κ1) is 25.7. The van der Waals surface area contributed by atoms with E-state index in [4.69, 9.17) is 14.6 Å². The fraction of sp³-hybridized carbons (Fsp3) is 0.308. The Kier molecular flexibility index (Phi) is 8.68. The zero-order valence-electron chi connectivity index (χ0n) is 19.7. The number of hydrogen-bond donors (Lipinski definition) is 2. The molecule has 0 heterocycles. The molecule has 0 saturated heterocycles. The minimum absolute atomic E-state index is 0.0196. The molecule has 0 aliphatic carbocycles. The third kappa shape index (κ3) is 6.80. The van der Waals surface area contributed by atoms with Crippen LogP contribution in [0.5, 0.6) is 11.5 Å². The van der Waals surface area contributed by atoms with Gasteiger partial charge in [0, 0.05) is 19.1 Å². The number of nitrogens with two attached hydrogens (primary N) is 1. The van der Waals surface area contributed by atoms with Crippen molar-refractivity contribution < 1.29 is 23.0 Å². The summed E-state index contributed by atoms with van der Waals surface area (Å²) in [5.74, 6) is 1.30. The summed E-state index contributed by atoms with van der Waals surface area (Å²) >= 11 is 0. The maximum atomic E-state index is 11.9. The van der Waals surface area contributed by atoms with Crippen LogP contribution in [-0.2, 0) is 16.6 Å². The molecule has 0 aliphatic rings. The van der Waals surface area contributed by atoms with E-state index in [0.717, 1.165) is 5.56 Å². The van der Waals surface area contributed by atoms with E-state index >= 15 is 0 Å². The first-order valence-corrected chi connectivity index (χ1v) is 12.6. The highest BCUT2D eigenvalue weighted by Gasteiger charge is 2.22. The molecule has 0 spiro atoms. The topological polar surface area (TPSA) is 102 Å². The third-order valence-corrected chi connectivity index (χ3v) is 6.76. The van der Waals surface area contributed by atoms with Crippen LogP contribution in [0, 0.1) is 6.92 Å². The van der Waals surface area contributed by atoms with Crippen LogP contribution in [0.25, 0.3) is 0 Å². The fourth-order valence-corrected chi connectivity index (χ4v) is 4.55. The molecule has 8 heteroatoms. The van der Waals surface area contributed by atoms with Crippen molar-refractivity contribution in [1.29, 1.82) is 0 Å². The van der Waals surface area contributed by atoms with Crippen molar-refractivity contribution >= 4 is 10.0 Å². The summed E-state index contributed by atoms with van der Waals surface area (Å²) in [6, 6.07) is 22.2. The Balaban J connectivity index is 1.80. The molecule has 0 amide bonds. The SMILES string of the molecule is COc1ccccc1OCC(C)N(Cc1ccccc1)CC(O)c1ccc(C)c(S(N)(=O)=O)c1. The van der Waals surface area contributed by atoms with Crippen LogP contribution in [0.2, 0.25) is 0 Å². The van der Waals surface area contributed by atoms with Gasteiger partial charge in [-0.1, -0.05) is 54.6 Å². The molecule has 0 radical (unpaired) electrons. The number of aryl methyl sites for hydroxylation is 1. The van der Waals surface area contributed by atoms with Gasteiger partial charge in [-0.15, -0.1) is 0 Å². The maximum Gasteiger partial charge on any atom is 0.238 e. The second-order valence-corrected chi connectivity index (χ2v) is 9.84. The lowest BCUT2D eigenvalue weighted by Crippen LogP contribution is -2.39. The molecule has 0 saturated carbocycles. The van der Waals surface area contributed by atoms with Crippen molar-refractivity contribution in [1.82, 2.24) is 4.90 Å². The number of nitrogens with zero attached hydrogens (tertiary/aromatic N) is 1. The average Bonchev–Trinajstić information content (AvgIpc) is 2.82. The summed E-state index contributed by atoms with van der Waals surface area (Å²) < 4.78 is 35.3. The normalized spacial score (nSPS) is 13.5. The molecular weight excluding hydrogens is 452 g/mol. The molecule has 3 N–H and O–H groups in total. The molecule has 182 valence electrons. The lowest BCUT2D eigenvalue weighted by atomic mass is 10.1. The molecule has 3 rings (SSSR count). The van der Waals surface area contributed by atoms with E-state index in [-0.39, 0.29) is 17.5 Å². The van der Waals surface area contributed by atoms with E-state index < -0.39 is 16.1 Å². The van der Waals surface area contributed by atoms with E-state index in [2.05, 4.69) is 4.90 Å². The smallest absolute Gasteiger partial charge is 0.238 e. The van der Waals surface area contributed by atoms with Crippen LogP contribution in [0.3, 0.4) is 0 Å². The van der Waals surface area contributed by atoms with Gasteiger partial charge >= 0.3 is 0 Å². The number of aliphatic hydroxyl groups excluding tert-OH is 1. The molecule has 0 aromatic heterocycles. The van der Waals surface area contributed by atoms with Crippen molar-refractivity contribution in [3.05, 3.63) is 89.5 Å². The molecular formula is C26H32N2O5S. The van der Waals surface area contributed by atoms with E-state index in [1.165, 1.54) is 6.07 Å². The van der Waals surface area contributed by atoms with Crippen molar-refractivity contribution in [2.24, 2.45) is 5.14 Å². The number of hydrogen-bond acceptors (Lipinski definition) is 6. The first-order valence-electron chi connectivity index (χ1n) is 11.0. The van der Waals surface area contributed by atoms with Crippen LogP contribution in [0.15, 0.2) is 77.7 Å². The molecule has 7 nitrogen and oxygen atoms in total. The van der Waals surface area contributed by atoms with Crippen LogP contribution >= 0.6 is 0 Å². The number of benzene rings is 3. The van der Waals surface area contributed by atoms with Gasteiger partial charge in [0.15, 0.2) is 11.5 Å². The quantitative estimate of drug-likeness (QED) is 0.431. The number of aliphatic hydroxyl groups is 1. The zero-order valence-corrected chi connectivity index (χ0v) is 20.5. The van der Waals surface area contributed by atoms with Crippen molar-refractivity contribution in [2.45, 2.75) is 37.4 Å². The van der Waals surface area contributed by atoms with Gasteiger partial charge in [0.1, 0.15) is 6.61 Å². The highest BCUT2D eigenvalue weighted by molar-refractivity contribution is 7.89.